The molecule has 1 aromatic rings. The van der Waals surface area contributed by atoms with Crippen LogP contribution in [0, 0.1) is 17.7 Å². The standard InChI is InChI=1S/C24H30FNO.C5H10.H3N/c1-4-20-18-22(12-13-23(20)25)24(15-16-24)14-8-5-6-10-21(19(2)26-3)11-7-9-17-27;1-2-5-3-4-5;/h4-6,9,12-13,18,21,26H,1-2,7-8,10-11,14-16H2,3H3;5H,2-4H2,1H3;1H3/b6-5+;;. The Morgan fingerprint density at radius 2 is 2.03 bits per heavy atom. The van der Waals surface area contributed by atoms with Crippen LogP contribution in [0.3, 0.4) is 0 Å². The SMILES string of the molecule is C=Cc1cc(C2(CC/C=C/CC(CCC=C=O)C(=C)NC)CC2)ccc1F.CCC1CC1.N. The summed E-state index contributed by atoms with van der Waals surface area (Å²) < 4.78 is 13.7. The van der Waals surface area contributed by atoms with Gasteiger partial charge in [0.25, 0.3) is 0 Å². The topological polar surface area (TPSA) is 64.1 Å². The first kappa shape index (κ1) is 28.6. The number of rotatable bonds is 13. The fourth-order valence-corrected chi connectivity index (χ4v) is 4.11. The van der Waals surface area contributed by atoms with Crippen molar-refractivity contribution in [2.24, 2.45) is 11.8 Å². The van der Waals surface area contributed by atoms with Gasteiger partial charge in [-0.2, -0.15) is 0 Å². The Balaban J connectivity index is 0.000000799. The maximum Gasteiger partial charge on any atom is 0.130 e. The van der Waals surface area contributed by atoms with Gasteiger partial charge in [-0.25, -0.2) is 9.18 Å². The van der Waals surface area contributed by atoms with Crippen LogP contribution in [-0.2, 0) is 10.2 Å². The monoisotopic (exact) mass is 454 g/mol. The predicted octanol–water partition coefficient (Wildman–Crippen LogP) is 7.71. The zero-order chi connectivity index (χ0) is 23.4. The summed E-state index contributed by atoms with van der Waals surface area (Å²) in [6.45, 7) is 10.0. The minimum atomic E-state index is -0.204. The minimum Gasteiger partial charge on any atom is -0.392 e. The van der Waals surface area contributed by atoms with E-state index in [2.05, 4.69) is 37.6 Å². The Morgan fingerprint density at radius 1 is 1.30 bits per heavy atom. The molecule has 0 saturated heterocycles. The normalized spacial score (nSPS) is 16.5. The zero-order valence-corrected chi connectivity index (χ0v) is 20.7. The Morgan fingerprint density at radius 3 is 2.55 bits per heavy atom. The molecule has 3 rings (SSSR count). The Hall–Kier alpha value is -2.42. The van der Waals surface area contributed by atoms with Gasteiger partial charge in [0.05, 0.1) is 0 Å². The lowest BCUT2D eigenvalue weighted by molar-refractivity contribution is 0.540. The zero-order valence-electron chi connectivity index (χ0n) is 20.7. The van der Waals surface area contributed by atoms with E-state index in [9.17, 15) is 9.18 Å². The highest BCUT2D eigenvalue weighted by Crippen LogP contribution is 2.52. The maximum atomic E-state index is 13.7. The minimum absolute atomic E-state index is 0. The predicted molar refractivity (Wildman–Crippen MR) is 140 cm³/mol. The Bertz CT molecular complexity index is 830. The van der Waals surface area contributed by atoms with Gasteiger partial charge in [0.2, 0.25) is 0 Å². The fourth-order valence-electron chi connectivity index (χ4n) is 4.11. The lowest BCUT2D eigenvalue weighted by Crippen LogP contribution is -2.14. The second-order valence-electron chi connectivity index (χ2n) is 9.19. The van der Waals surface area contributed by atoms with E-state index in [1.54, 1.807) is 12.1 Å². The van der Waals surface area contributed by atoms with Gasteiger partial charge in [-0.15, -0.1) is 0 Å². The molecule has 1 atom stereocenters. The van der Waals surface area contributed by atoms with E-state index in [4.69, 9.17) is 0 Å². The molecule has 1 aromatic carbocycles. The van der Waals surface area contributed by atoms with Gasteiger partial charge in [-0.3, -0.25) is 0 Å². The van der Waals surface area contributed by atoms with Crippen LogP contribution in [0.15, 0.2) is 55.3 Å². The molecule has 0 aliphatic heterocycles. The van der Waals surface area contributed by atoms with Gasteiger partial charge >= 0.3 is 0 Å². The second-order valence-corrected chi connectivity index (χ2v) is 9.19. The highest BCUT2D eigenvalue weighted by atomic mass is 19.1. The molecular weight excluding hydrogens is 411 g/mol. The molecule has 1 unspecified atom stereocenters. The fraction of sp³-hybridized carbons (Fsp3) is 0.517. The smallest absolute Gasteiger partial charge is 0.130 e. The van der Waals surface area contributed by atoms with Crippen molar-refractivity contribution >= 4 is 12.0 Å². The maximum absolute atomic E-state index is 13.7. The van der Waals surface area contributed by atoms with Crippen molar-refractivity contribution in [2.75, 3.05) is 7.05 Å². The quantitative estimate of drug-likeness (QED) is 0.237. The number of allylic oxidation sites excluding steroid dienone is 4. The largest absolute Gasteiger partial charge is 0.392 e. The van der Waals surface area contributed by atoms with Crippen molar-refractivity contribution in [3.63, 3.8) is 0 Å². The molecule has 0 heterocycles. The average molecular weight is 455 g/mol. The molecule has 0 aromatic heterocycles. The molecule has 0 amide bonds. The van der Waals surface area contributed by atoms with E-state index < -0.39 is 0 Å². The van der Waals surface area contributed by atoms with Crippen LogP contribution >= 0.6 is 0 Å². The molecule has 2 aliphatic rings. The van der Waals surface area contributed by atoms with Gasteiger partial charge in [0.15, 0.2) is 0 Å². The van der Waals surface area contributed by atoms with Gasteiger partial charge in [-0.05, 0) is 80.1 Å². The van der Waals surface area contributed by atoms with Crippen molar-refractivity contribution < 1.29 is 9.18 Å². The highest BCUT2D eigenvalue weighted by Gasteiger charge is 2.43. The average Bonchev–Trinajstić information content (AvgIpc) is 3.73. The summed E-state index contributed by atoms with van der Waals surface area (Å²) in [5.41, 5.74) is 3.03. The Kier molecular flexibility index (Phi) is 12.7. The molecule has 3 nitrogen and oxygen atoms in total. The summed E-state index contributed by atoms with van der Waals surface area (Å²) in [5, 5.41) is 3.12. The molecule has 0 radical (unpaired) electrons. The summed E-state index contributed by atoms with van der Waals surface area (Å²) >= 11 is 0. The molecule has 4 heteroatoms. The summed E-state index contributed by atoms with van der Waals surface area (Å²) in [6, 6.07) is 5.43. The van der Waals surface area contributed by atoms with E-state index in [1.165, 1.54) is 43.7 Å². The number of benzene rings is 1. The van der Waals surface area contributed by atoms with Crippen molar-refractivity contribution in [2.45, 2.75) is 76.5 Å². The number of nitrogens with one attached hydrogen (secondary N) is 1. The molecule has 2 aliphatic carbocycles. The van der Waals surface area contributed by atoms with Crippen molar-refractivity contribution in [1.29, 1.82) is 0 Å². The van der Waals surface area contributed by atoms with Crippen LogP contribution in [0.25, 0.3) is 6.08 Å². The molecule has 0 bridgehead atoms. The summed E-state index contributed by atoms with van der Waals surface area (Å²) in [7, 11) is 1.88. The first-order valence-electron chi connectivity index (χ1n) is 12.1. The first-order valence-corrected chi connectivity index (χ1v) is 12.1. The molecule has 33 heavy (non-hydrogen) atoms. The second kappa shape index (κ2) is 14.7. The third-order valence-corrected chi connectivity index (χ3v) is 6.89. The van der Waals surface area contributed by atoms with E-state index in [0.717, 1.165) is 43.7 Å². The van der Waals surface area contributed by atoms with Crippen LogP contribution < -0.4 is 11.5 Å². The lowest BCUT2D eigenvalue weighted by atomic mass is 9.89. The summed E-state index contributed by atoms with van der Waals surface area (Å²) in [4.78, 5) is 10.3. The van der Waals surface area contributed by atoms with Crippen molar-refractivity contribution in [3.05, 3.63) is 72.2 Å². The molecule has 2 fully saturated rings. The molecule has 182 valence electrons. The van der Waals surface area contributed by atoms with Gasteiger partial charge in [-0.1, -0.05) is 63.6 Å². The van der Waals surface area contributed by atoms with E-state index >= 15 is 0 Å². The van der Waals surface area contributed by atoms with Crippen LogP contribution in [0.1, 0.15) is 82.3 Å². The van der Waals surface area contributed by atoms with E-state index in [-0.39, 0.29) is 17.4 Å². The molecule has 4 N–H and O–H groups in total. The van der Waals surface area contributed by atoms with E-state index in [0.29, 0.717) is 11.5 Å². The highest BCUT2D eigenvalue weighted by molar-refractivity contribution is 5.51. The number of hydrogen-bond donors (Lipinski definition) is 2. The van der Waals surface area contributed by atoms with Crippen LogP contribution in [0.5, 0.6) is 0 Å². The molecular formula is C29H43FN2O. The summed E-state index contributed by atoms with van der Waals surface area (Å²) in [5.74, 6) is 3.08. The first-order chi connectivity index (χ1) is 15.5. The van der Waals surface area contributed by atoms with Crippen molar-refractivity contribution in [3.8, 4) is 0 Å². The summed E-state index contributed by atoms with van der Waals surface area (Å²) in [6.07, 6.45) is 19.0. The van der Waals surface area contributed by atoms with Gasteiger partial charge in [0, 0.05) is 24.2 Å². The molecule has 2 saturated carbocycles. The lowest BCUT2D eigenvalue weighted by Gasteiger charge is -2.17. The van der Waals surface area contributed by atoms with E-state index in [1.807, 2.05) is 25.1 Å². The van der Waals surface area contributed by atoms with Gasteiger partial charge in [0.1, 0.15) is 11.8 Å². The van der Waals surface area contributed by atoms with Gasteiger partial charge < -0.3 is 11.5 Å². The van der Waals surface area contributed by atoms with Crippen LogP contribution in [-0.4, -0.2) is 13.0 Å². The van der Waals surface area contributed by atoms with Crippen molar-refractivity contribution in [1.82, 2.24) is 11.5 Å². The van der Waals surface area contributed by atoms with Crippen LogP contribution in [0.4, 0.5) is 4.39 Å². The Labute approximate surface area is 200 Å². The number of carbonyl (C=O) groups excluding carboxylic acids is 1. The van der Waals surface area contributed by atoms with Crippen LogP contribution in [0.2, 0.25) is 0 Å². The third kappa shape index (κ3) is 9.53. The molecule has 0 spiro atoms. The number of halogens is 1. The number of hydrogen-bond acceptors (Lipinski definition) is 3. The third-order valence-electron chi connectivity index (χ3n) is 6.89.